The number of esters is 1. The summed E-state index contributed by atoms with van der Waals surface area (Å²) in [4.78, 5) is 11.3. The molecule has 0 atom stereocenters. The van der Waals surface area contributed by atoms with Crippen molar-refractivity contribution < 1.29 is 9.53 Å². The molecule has 0 radical (unpaired) electrons. The molecular weight excluding hydrogens is 286 g/mol. The van der Waals surface area contributed by atoms with Gasteiger partial charge in [-0.1, -0.05) is 54.6 Å². The molecule has 0 unspecified atom stereocenters. The van der Waals surface area contributed by atoms with Gasteiger partial charge in [-0.15, -0.1) is 0 Å². The molecule has 0 fully saturated rings. The average molecular weight is 311 g/mol. The van der Waals surface area contributed by atoms with E-state index < -0.39 is 0 Å². The Morgan fingerprint density at radius 3 is 2.43 bits per heavy atom. The van der Waals surface area contributed by atoms with Crippen LogP contribution in [0.4, 0.5) is 0 Å². The van der Waals surface area contributed by atoms with Gasteiger partial charge in [0.2, 0.25) is 0 Å². The van der Waals surface area contributed by atoms with Crippen molar-refractivity contribution in [2.24, 2.45) is 0 Å². The number of benzene rings is 2. The van der Waals surface area contributed by atoms with E-state index in [4.69, 9.17) is 4.74 Å². The lowest BCUT2D eigenvalue weighted by Crippen LogP contribution is -2.12. The zero-order valence-corrected chi connectivity index (χ0v) is 13.8. The molecule has 122 valence electrons. The third-order valence-corrected chi connectivity index (χ3v) is 3.64. The summed E-state index contributed by atoms with van der Waals surface area (Å²) in [6.07, 6.45) is 2.23. The molecule has 1 N–H and O–H groups in total. The minimum Gasteiger partial charge on any atom is -0.466 e. The largest absolute Gasteiger partial charge is 0.466 e. The van der Waals surface area contributed by atoms with Gasteiger partial charge in [0.1, 0.15) is 0 Å². The molecule has 0 heterocycles. The van der Waals surface area contributed by atoms with E-state index in [-0.39, 0.29) is 5.97 Å². The van der Waals surface area contributed by atoms with Crippen molar-refractivity contribution in [2.45, 2.75) is 39.3 Å². The molecule has 0 aliphatic rings. The summed E-state index contributed by atoms with van der Waals surface area (Å²) in [5.74, 6) is -0.104. The lowest BCUT2D eigenvalue weighted by molar-refractivity contribution is -0.143. The average Bonchev–Trinajstić information content (AvgIpc) is 2.56. The first-order chi connectivity index (χ1) is 11.3. The number of carbonyl (C=O) groups excluding carboxylic acids is 1. The number of hydrogen-bond acceptors (Lipinski definition) is 3. The second-order valence-corrected chi connectivity index (χ2v) is 5.57. The Hall–Kier alpha value is -2.13. The van der Waals surface area contributed by atoms with Crippen molar-refractivity contribution in [2.75, 3.05) is 6.61 Å². The van der Waals surface area contributed by atoms with Crippen molar-refractivity contribution in [1.29, 1.82) is 0 Å². The molecule has 0 spiro atoms. The van der Waals surface area contributed by atoms with Gasteiger partial charge in [0.15, 0.2) is 0 Å². The lowest BCUT2D eigenvalue weighted by atomic mass is 10.1. The Labute approximate surface area is 138 Å². The van der Waals surface area contributed by atoms with Crippen LogP contribution in [-0.2, 0) is 29.0 Å². The van der Waals surface area contributed by atoms with Crippen LogP contribution in [0.1, 0.15) is 36.5 Å². The second kappa shape index (κ2) is 9.80. The summed E-state index contributed by atoms with van der Waals surface area (Å²) in [6.45, 7) is 4.01. The van der Waals surface area contributed by atoms with Crippen LogP contribution in [-0.4, -0.2) is 12.6 Å². The zero-order valence-electron chi connectivity index (χ0n) is 13.8. The molecule has 3 nitrogen and oxygen atoms in total. The van der Waals surface area contributed by atoms with E-state index >= 15 is 0 Å². The molecule has 0 aliphatic carbocycles. The van der Waals surface area contributed by atoms with Crippen LogP contribution in [0, 0.1) is 0 Å². The molecule has 2 aromatic rings. The van der Waals surface area contributed by atoms with Crippen LogP contribution in [0.15, 0.2) is 54.6 Å². The van der Waals surface area contributed by atoms with Crippen molar-refractivity contribution in [3.63, 3.8) is 0 Å². The first-order valence-electron chi connectivity index (χ1n) is 8.26. The minimum atomic E-state index is -0.104. The Morgan fingerprint density at radius 1 is 0.957 bits per heavy atom. The molecule has 0 bridgehead atoms. The molecule has 0 saturated carbocycles. The first kappa shape index (κ1) is 17.2. The maximum atomic E-state index is 11.3. The summed E-state index contributed by atoms with van der Waals surface area (Å²) in [5, 5.41) is 3.46. The first-order valence-corrected chi connectivity index (χ1v) is 8.26. The number of carbonyl (C=O) groups is 1. The third kappa shape index (κ3) is 6.66. The maximum absolute atomic E-state index is 11.3. The highest BCUT2D eigenvalue weighted by Gasteiger charge is 2.02. The molecule has 2 aromatic carbocycles. The molecule has 0 amide bonds. The standard InChI is InChI=1S/C20H25NO2/c1-2-23-20(22)13-7-11-17-10-6-12-19(14-17)16-21-15-18-8-4-3-5-9-18/h3-6,8-10,12,14,21H,2,7,11,13,15-16H2,1H3. The topological polar surface area (TPSA) is 38.3 Å². The molecule has 0 aliphatic heterocycles. The predicted molar refractivity (Wildman–Crippen MR) is 93.0 cm³/mol. The number of nitrogens with one attached hydrogen (secondary N) is 1. The summed E-state index contributed by atoms with van der Waals surface area (Å²) in [6, 6.07) is 18.9. The van der Waals surface area contributed by atoms with Crippen LogP contribution in [0.5, 0.6) is 0 Å². The molecule has 2 rings (SSSR count). The van der Waals surface area contributed by atoms with Crippen molar-refractivity contribution in [3.8, 4) is 0 Å². The molecular formula is C20H25NO2. The minimum absolute atomic E-state index is 0.104. The fourth-order valence-corrected chi connectivity index (χ4v) is 2.51. The van der Waals surface area contributed by atoms with E-state index in [0.29, 0.717) is 13.0 Å². The Bertz CT molecular complexity index is 596. The lowest BCUT2D eigenvalue weighted by Gasteiger charge is -2.07. The van der Waals surface area contributed by atoms with Crippen LogP contribution in [0.25, 0.3) is 0 Å². The summed E-state index contributed by atoms with van der Waals surface area (Å²) >= 11 is 0. The molecule has 3 heteroatoms. The monoisotopic (exact) mass is 311 g/mol. The summed E-state index contributed by atoms with van der Waals surface area (Å²) in [7, 11) is 0. The number of ether oxygens (including phenoxy) is 1. The highest BCUT2D eigenvalue weighted by molar-refractivity contribution is 5.69. The summed E-state index contributed by atoms with van der Waals surface area (Å²) < 4.78 is 4.95. The smallest absolute Gasteiger partial charge is 0.305 e. The van der Waals surface area contributed by atoms with E-state index in [0.717, 1.165) is 25.9 Å². The maximum Gasteiger partial charge on any atom is 0.305 e. The Kier molecular flexibility index (Phi) is 7.34. The Morgan fingerprint density at radius 2 is 1.65 bits per heavy atom. The van der Waals surface area contributed by atoms with Gasteiger partial charge in [-0.3, -0.25) is 4.79 Å². The van der Waals surface area contributed by atoms with Gasteiger partial charge < -0.3 is 10.1 Å². The number of hydrogen-bond donors (Lipinski definition) is 1. The zero-order chi connectivity index (χ0) is 16.3. The third-order valence-electron chi connectivity index (χ3n) is 3.64. The van der Waals surface area contributed by atoms with Crippen LogP contribution >= 0.6 is 0 Å². The SMILES string of the molecule is CCOC(=O)CCCc1cccc(CNCc2ccccc2)c1. The highest BCUT2D eigenvalue weighted by Crippen LogP contribution is 2.10. The number of rotatable bonds is 9. The second-order valence-electron chi connectivity index (χ2n) is 5.57. The van der Waals surface area contributed by atoms with Gasteiger partial charge in [-0.25, -0.2) is 0 Å². The van der Waals surface area contributed by atoms with Gasteiger partial charge in [-0.2, -0.15) is 0 Å². The van der Waals surface area contributed by atoms with Gasteiger partial charge in [0.05, 0.1) is 6.61 Å². The molecule has 0 saturated heterocycles. The van der Waals surface area contributed by atoms with E-state index in [1.165, 1.54) is 16.7 Å². The van der Waals surface area contributed by atoms with Crippen LogP contribution in [0.3, 0.4) is 0 Å². The fourth-order valence-electron chi connectivity index (χ4n) is 2.51. The van der Waals surface area contributed by atoms with Crippen molar-refractivity contribution in [1.82, 2.24) is 5.32 Å². The Balaban J connectivity index is 1.74. The molecule has 0 aromatic heterocycles. The fraction of sp³-hybridized carbons (Fsp3) is 0.350. The van der Waals surface area contributed by atoms with E-state index in [9.17, 15) is 4.79 Å². The predicted octanol–water partition coefficient (Wildman–Crippen LogP) is 3.86. The quantitative estimate of drug-likeness (QED) is 0.715. The van der Waals surface area contributed by atoms with Crippen molar-refractivity contribution in [3.05, 3.63) is 71.3 Å². The van der Waals surface area contributed by atoms with Gasteiger partial charge >= 0.3 is 5.97 Å². The van der Waals surface area contributed by atoms with Crippen molar-refractivity contribution >= 4 is 5.97 Å². The van der Waals surface area contributed by atoms with E-state index in [2.05, 4.69) is 53.8 Å². The summed E-state index contributed by atoms with van der Waals surface area (Å²) in [5.41, 5.74) is 3.83. The van der Waals surface area contributed by atoms with Gasteiger partial charge in [0.25, 0.3) is 0 Å². The van der Waals surface area contributed by atoms with Gasteiger partial charge in [-0.05, 0) is 36.5 Å². The highest BCUT2D eigenvalue weighted by atomic mass is 16.5. The molecule has 23 heavy (non-hydrogen) atoms. The van der Waals surface area contributed by atoms with E-state index in [1.807, 2.05) is 13.0 Å². The van der Waals surface area contributed by atoms with Gasteiger partial charge in [0, 0.05) is 19.5 Å². The van der Waals surface area contributed by atoms with Crippen LogP contribution in [0.2, 0.25) is 0 Å². The number of aryl methyl sites for hydroxylation is 1. The van der Waals surface area contributed by atoms with Crippen LogP contribution < -0.4 is 5.32 Å². The van der Waals surface area contributed by atoms with E-state index in [1.54, 1.807) is 0 Å². The normalized spacial score (nSPS) is 10.5.